The van der Waals surface area contributed by atoms with Crippen molar-refractivity contribution in [3.8, 4) is 5.75 Å². The summed E-state index contributed by atoms with van der Waals surface area (Å²) in [6.45, 7) is 0. The van der Waals surface area contributed by atoms with Crippen LogP contribution in [-0.4, -0.2) is 15.5 Å². The third kappa shape index (κ3) is 2.15. The zero-order valence-electron chi connectivity index (χ0n) is 7.28. The maximum atomic E-state index is 11.2. The number of hydrogen-bond donors (Lipinski definition) is 0. The van der Waals surface area contributed by atoms with E-state index < -0.39 is 10.0 Å². The van der Waals surface area contributed by atoms with E-state index >= 15 is 0 Å². The quantitative estimate of drug-likeness (QED) is 0.434. The average molecular weight is 213 g/mol. The molecule has 0 heterocycles. The van der Waals surface area contributed by atoms with Crippen LogP contribution in [-0.2, 0) is 10.0 Å². The standard InChI is InChI=1S/C7H7N3O3S/c1-13-6-2-4-7(5-3-6)14(11,12)10-9-8/h2-5H,1H3. The third-order valence-electron chi connectivity index (χ3n) is 1.50. The Bertz CT molecular complexity index is 459. The monoisotopic (exact) mass is 213 g/mol. The maximum absolute atomic E-state index is 11.2. The molecule has 0 fully saturated rings. The van der Waals surface area contributed by atoms with Crippen molar-refractivity contribution in [3.63, 3.8) is 0 Å². The first kappa shape index (κ1) is 10.4. The summed E-state index contributed by atoms with van der Waals surface area (Å²) >= 11 is 0. The number of benzene rings is 1. The van der Waals surface area contributed by atoms with Crippen molar-refractivity contribution in [2.45, 2.75) is 4.90 Å². The number of nitrogens with zero attached hydrogens (tertiary/aromatic N) is 3. The lowest BCUT2D eigenvalue weighted by atomic mass is 10.3. The predicted molar refractivity (Wildman–Crippen MR) is 49.3 cm³/mol. The summed E-state index contributed by atoms with van der Waals surface area (Å²) in [5.74, 6) is 0.532. The van der Waals surface area contributed by atoms with Crippen LogP contribution in [0.4, 0.5) is 0 Å². The zero-order chi connectivity index (χ0) is 10.6. The molecular weight excluding hydrogens is 206 g/mol. The summed E-state index contributed by atoms with van der Waals surface area (Å²) in [5.41, 5.74) is 8.02. The lowest BCUT2D eigenvalue weighted by Crippen LogP contribution is -1.94. The van der Waals surface area contributed by atoms with Gasteiger partial charge in [-0.25, -0.2) is 8.42 Å². The fraction of sp³-hybridized carbons (Fsp3) is 0.143. The molecule has 0 atom stereocenters. The van der Waals surface area contributed by atoms with Gasteiger partial charge in [0.1, 0.15) is 5.75 Å². The van der Waals surface area contributed by atoms with Crippen molar-refractivity contribution in [2.24, 2.45) is 4.52 Å². The number of sulfonamides is 1. The Morgan fingerprint density at radius 3 is 2.36 bits per heavy atom. The van der Waals surface area contributed by atoms with Crippen LogP contribution in [0.3, 0.4) is 0 Å². The Morgan fingerprint density at radius 1 is 1.36 bits per heavy atom. The molecule has 0 radical (unpaired) electrons. The highest BCUT2D eigenvalue weighted by atomic mass is 32.2. The Morgan fingerprint density at radius 2 is 1.93 bits per heavy atom. The molecule has 0 saturated carbocycles. The van der Waals surface area contributed by atoms with Gasteiger partial charge in [-0.2, -0.15) is 0 Å². The molecule has 1 aromatic carbocycles. The molecule has 0 saturated heterocycles. The number of hydrogen-bond acceptors (Lipinski definition) is 3. The normalized spacial score (nSPS) is 10.4. The van der Waals surface area contributed by atoms with Gasteiger partial charge < -0.3 is 4.74 Å². The topological polar surface area (TPSA) is 92.1 Å². The first-order valence-electron chi connectivity index (χ1n) is 3.55. The smallest absolute Gasteiger partial charge is 0.264 e. The summed E-state index contributed by atoms with van der Waals surface area (Å²) in [4.78, 5) is 2.17. The van der Waals surface area contributed by atoms with Crippen molar-refractivity contribution in [1.29, 1.82) is 0 Å². The third-order valence-corrected chi connectivity index (χ3v) is 2.66. The highest BCUT2D eigenvalue weighted by Gasteiger charge is 2.10. The van der Waals surface area contributed by atoms with Gasteiger partial charge in [0.25, 0.3) is 10.0 Å². The van der Waals surface area contributed by atoms with E-state index in [1.165, 1.54) is 31.4 Å². The van der Waals surface area contributed by atoms with E-state index in [1.54, 1.807) is 0 Å². The number of ether oxygens (including phenoxy) is 1. The number of rotatable bonds is 3. The molecule has 6 nitrogen and oxygen atoms in total. The molecule has 0 N–H and O–H groups in total. The van der Waals surface area contributed by atoms with E-state index in [2.05, 4.69) is 9.43 Å². The molecular formula is C7H7N3O3S. The van der Waals surface area contributed by atoms with E-state index in [4.69, 9.17) is 10.3 Å². The van der Waals surface area contributed by atoms with E-state index in [0.29, 0.717) is 5.75 Å². The Kier molecular flexibility index (Phi) is 2.95. The fourth-order valence-electron chi connectivity index (χ4n) is 0.843. The minimum Gasteiger partial charge on any atom is -0.497 e. The summed E-state index contributed by atoms with van der Waals surface area (Å²) in [5, 5.41) is 0. The van der Waals surface area contributed by atoms with Gasteiger partial charge >= 0.3 is 0 Å². The van der Waals surface area contributed by atoms with Crippen molar-refractivity contribution in [1.82, 2.24) is 0 Å². The Hall–Kier alpha value is -1.72. The van der Waals surface area contributed by atoms with Crippen LogP contribution in [0.1, 0.15) is 0 Å². The average Bonchev–Trinajstić information content (AvgIpc) is 2.18. The Balaban J connectivity index is 3.16. The molecule has 1 aromatic rings. The molecule has 0 aliphatic heterocycles. The second-order valence-corrected chi connectivity index (χ2v) is 3.91. The van der Waals surface area contributed by atoms with Crippen molar-refractivity contribution < 1.29 is 13.2 Å². The predicted octanol–water partition coefficient (Wildman–Crippen LogP) is 1.69. The largest absolute Gasteiger partial charge is 0.497 e. The van der Waals surface area contributed by atoms with Crippen molar-refractivity contribution in [3.05, 3.63) is 34.7 Å². The van der Waals surface area contributed by atoms with Gasteiger partial charge in [-0.15, -0.1) is 0 Å². The van der Waals surface area contributed by atoms with Crippen LogP contribution in [0.25, 0.3) is 10.4 Å². The second kappa shape index (κ2) is 3.99. The van der Waals surface area contributed by atoms with E-state index in [9.17, 15) is 8.42 Å². The van der Waals surface area contributed by atoms with Crippen LogP contribution in [0, 0.1) is 0 Å². The molecule has 0 spiro atoms. The second-order valence-electron chi connectivity index (χ2n) is 2.32. The van der Waals surface area contributed by atoms with Crippen LogP contribution >= 0.6 is 0 Å². The highest BCUT2D eigenvalue weighted by molar-refractivity contribution is 7.90. The van der Waals surface area contributed by atoms with Crippen LogP contribution in [0.15, 0.2) is 33.7 Å². The molecule has 7 heteroatoms. The molecule has 0 aromatic heterocycles. The van der Waals surface area contributed by atoms with E-state index in [1.807, 2.05) is 0 Å². The minimum atomic E-state index is -3.88. The molecule has 14 heavy (non-hydrogen) atoms. The highest BCUT2D eigenvalue weighted by Crippen LogP contribution is 2.17. The minimum absolute atomic E-state index is 0.0592. The Labute approximate surface area is 80.8 Å². The van der Waals surface area contributed by atoms with Crippen LogP contribution < -0.4 is 4.74 Å². The van der Waals surface area contributed by atoms with Gasteiger partial charge in [0.15, 0.2) is 0 Å². The maximum Gasteiger partial charge on any atom is 0.264 e. The van der Waals surface area contributed by atoms with Gasteiger partial charge in [0.2, 0.25) is 0 Å². The van der Waals surface area contributed by atoms with Gasteiger partial charge in [-0.3, -0.25) is 0 Å². The molecule has 0 aliphatic rings. The fourth-order valence-corrected chi connectivity index (χ4v) is 1.51. The SMILES string of the molecule is COc1ccc(S(=O)(=O)N=[N+]=[N-])cc1. The lowest BCUT2D eigenvalue weighted by molar-refractivity contribution is 0.414. The summed E-state index contributed by atoms with van der Waals surface area (Å²) in [7, 11) is -2.41. The van der Waals surface area contributed by atoms with Gasteiger partial charge in [-0.1, -0.05) is 0 Å². The van der Waals surface area contributed by atoms with Crippen molar-refractivity contribution in [2.75, 3.05) is 7.11 Å². The first-order valence-corrected chi connectivity index (χ1v) is 4.99. The van der Waals surface area contributed by atoms with Crippen molar-refractivity contribution >= 4 is 10.0 Å². The number of azide groups is 1. The summed E-state index contributed by atoms with van der Waals surface area (Å²) in [6.07, 6.45) is 0. The molecule has 0 bridgehead atoms. The lowest BCUT2D eigenvalue weighted by Gasteiger charge is -2.00. The van der Waals surface area contributed by atoms with Crippen LogP contribution in [0.5, 0.6) is 5.75 Å². The van der Waals surface area contributed by atoms with Gasteiger partial charge in [0.05, 0.1) is 12.0 Å². The molecule has 74 valence electrons. The summed E-state index contributed by atoms with van der Waals surface area (Å²) in [6, 6.07) is 5.56. The van der Waals surface area contributed by atoms with Gasteiger partial charge in [0, 0.05) is 9.43 Å². The van der Waals surface area contributed by atoms with Gasteiger partial charge in [-0.05, 0) is 29.8 Å². The van der Waals surface area contributed by atoms with E-state index in [0.717, 1.165) is 0 Å². The molecule has 0 unspecified atom stereocenters. The van der Waals surface area contributed by atoms with E-state index in [-0.39, 0.29) is 4.90 Å². The van der Waals surface area contributed by atoms with Crippen LogP contribution in [0.2, 0.25) is 0 Å². The molecule has 1 rings (SSSR count). The number of methoxy groups -OCH3 is 1. The molecule has 0 aliphatic carbocycles. The summed E-state index contributed by atoms with van der Waals surface area (Å²) < 4.78 is 29.9. The zero-order valence-corrected chi connectivity index (χ0v) is 8.10. The first-order chi connectivity index (χ1) is 6.60. The molecule has 0 amide bonds.